The summed E-state index contributed by atoms with van der Waals surface area (Å²) in [6.45, 7) is 1.97. The molecule has 1 fully saturated rings. The van der Waals surface area contributed by atoms with Gasteiger partial charge in [0.15, 0.2) is 5.82 Å². The Morgan fingerprint density at radius 1 is 1.30 bits per heavy atom. The zero-order valence-corrected chi connectivity index (χ0v) is 16.4. The quantitative estimate of drug-likeness (QED) is 0.677. The Bertz CT molecular complexity index is 835. The number of methoxy groups -OCH3 is 1. The Morgan fingerprint density at radius 3 is 2.77 bits per heavy atom. The van der Waals surface area contributed by atoms with Crippen molar-refractivity contribution in [3.8, 4) is 0 Å². The van der Waals surface area contributed by atoms with E-state index >= 15 is 0 Å². The molecule has 1 aliphatic rings. The van der Waals surface area contributed by atoms with Crippen LogP contribution in [-0.2, 0) is 22.3 Å². The Balaban J connectivity index is 1.48. The minimum Gasteiger partial charge on any atom is -0.382 e. The molecule has 2 heterocycles. The molecule has 2 aromatic rings. The number of hydrogen-bond acceptors (Lipinski definition) is 6. The summed E-state index contributed by atoms with van der Waals surface area (Å²) in [6.07, 6.45) is -3.21. The maximum absolute atomic E-state index is 12.8. The molecule has 11 heteroatoms. The van der Waals surface area contributed by atoms with Crippen molar-refractivity contribution in [1.82, 2.24) is 15.0 Å². The van der Waals surface area contributed by atoms with Crippen LogP contribution in [0.3, 0.4) is 0 Å². The van der Waals surface area contributed by atoms with E-state index in [-0.39, 0.29) is 18.2 Å². The van der Waals surface area contributed by atoms with Crippen LogP contribution in [0.15, 0.2) is 28.8 Å². The van der Waals surface area contributed by atoms with Gasteiger partial charge in [0.2, 0.25) is 0 Å². The molecule has 1 aliphatic heterocycles. The molecule has 0 saturated carbocycles. The molecule has 30 heavy (non-hydrogen) atoms. The first kappa shape index (κ1) is 22.0. The lowest BCUT2D eigenvalue weighted by atomic mass is 9.96. The SMILES string of the molecule is COCCOCc1nc(C2CCN(C(=O)Nc3cccc(C(F)(F)F)c3)CC2)no1. The standard InChI is InChI=1S/C19H23F3N4O4/c1-28-9-10-29-12-16-24-17(25-30-16)13-5-7-26(8-6-13)18(27)23-15-4-2-3-14(11-15)19(20,21)22/h2-4,11,13H,5-10,12H2,1H3,(H,23,27). The van der Waals surface area contributed by atoms with Gasteiger partial charge >= 0.3 is 12.2 Å². The number of alkyl halides is 3. The van der Waals surface area contributed by atoms with Gasteiger partial charge in [0.05, 0.1) is 18.8 Å². The number of ether oxygens (including phenoxy) is 2. The Kier molecular flexibility index (Phi) is 7.27. The third-order valence-electron chi connectivity index (χ3n) is 4.73. The first-order chi connectivity index (χ1) is 14.4. The summed E-state index contributed by atoms with van der Waals surface area (Å²) in [5.74, 6) is 0.989. The van der Waals surface area contributed by atoms with Gasteiger partial charge in [-0.25, -0.2) is 4.79 Å². The van der Waals surface area contributed by atoms with Gasteiger partial charge in [-0.05, 0) is 31.0 Å². The summed E-state index contributed by atoms with van der Waals surface area (Å²) in [5.41, 5.74) is -0.702. The number of rotatable bonds is 7. The number of aromatic nitrogens is 2. The van der Waals surface area contributed by atoms with Crippen molar-refractivity contribution >= 4 is 11.7 Å². The minimum atomic E-state index is -4.46. The Hall–Kier alpha value is -2.66. The molecule has 0 radical (unpaired) electrons. The van der Waals surface area contributed by atoms with Gasteiger partial charge in [0, 0.05) is 31.8 Å². The third kappa shape index (κ3) is 5.92. The Morgan fingerprint density at radius 2 is 2.07 bits per heavy atom. The molecular weight excluding hydrogens is 405 g/mol. The molecule has 0 bridgehead atoms. The number of likely N-dealkylation sites (tertiary alicyclic amines) is 1. The number of urea groups is 1. The predicted molar refractivity (Wildman–Crippen MR) is 99.8 cm³/mol. The fourth-order valence-electron chi connectivity index (χ4n) is 3.11. The highest BCUT2D eigenvalue weighted by molar-refractivity contribution is 5.89. The van der Waals surface area contributed by atoms with Crippen LogP contribution >= 0.6 is 0 Å². The molecule has 0 unspecified atom stereocenters. The lowest BCUT2D eigenvalue weighted by Crippen LogP contribution is -2.40. The number of carbonyl (C=O) groups is 1. The molecule has 0 spiro atoms. The normalized spacial score (nSPS) is 15.4. The number of nitrogens with one attached hydrogen (secondary N) is 1. The van der Waals surface area contributed by atoms with Crippen LogP contribution in [0.4, 0.5) is 23.7 Å². The molecule has 3 rings (SSSR count). The molecule has 2 amide bonds. The second kappa shape index (κ2) is 9.90. The van der Waals surface area contributed by atoms with E-state index in [1.807, 2.05) is 0 Å². The average molecular weight is 428 g/mol. The highest BCUT2D eigenvalue weighted by atomic mass is 19.4. The van der Waals surface area contributed by atoms with Gasteiger partial charge in [0.1, 0.15) is 6.61 Å². The van der Waals surface area contributed by atoms with Gasteiger partial charge in [-0.2, -0.15) is 18.2 Å². The van der Waals surface area contributed by atoms with Crippen molar-refractivity contribution in [3.63, 3.8) is 0 Å². The van der Waals surface area contributed by atoms with Crippen molar-refractivity contribution in [2.45, 2.75) is 31.5 Å². The average Bonchev–Trinajstić information content (AvgIpc) is 3.20. The van der Waals surface area contributed by atoms with Crippen LogP contribution in [0, 0.1) is 0 Å². The van der Waals surface area contributed by atoms with Crippen molar-refractivity contribution < 1.29 is 32.0 Å². The third-order valence-corrected chi connectivity index (χ3v) is 4.73. The molecule has 1 aromatic carbocycles. The smallest absolute Gasteiger partial charge is 0.382 e. The van der Waals surface area contributed by atoms with Crippen LogP contribution in [0.5, 0.6) is 0 Å². The predicted octanol–water partition coefficient (Wildman–Crippen LogP) is 3.66. The second-order valence-corrected chi connectivity index (χ2v) is 6.86. The molecule has 0 atom stereocenters. The summed E-state index contributed by atoms with van der Waals surface area (Å²) in [5, 5.41) is 6.51. The van der Waals surface area contributed by atoms with E-state index in [0.717, 1.165) is 12.1 Å². The van der Waals surface area contributed by atoms with E-state index in [9.17, 15) is 18.0 Å². The number of piperidine rings is 1. The first-order valence-corrected chi connectivity index (χ1v) is 9.49. The summed E-state index contributed by atoms with van der Waals surface area (Å²) in [7, 11) is 1.58. The van der Waals surface area contributed by atoms with Gasteiger partial charge < -0.3 is 24.2 Å². The first-order valence-electron chi connectivity index (χ1n) is 9.49. The number of amides is 2. The van der Waals surface area contributed by atoms with Gasteiger partial charge in [-0.3, -0.25) is 0 Å². The molecule has 8 nitrogen and oxygen atoms in total. The second-order valence-electron chi connectivity index (χ2n) is 6.86. The maximum atomic E-state index is 12.8. The summed E-state index contributed by atoms with van der Waals surface area (Å²) in [6, 6.07) is 4.13. The molecule has 0 aliphatic carbocycles. The lowest BCUT2D eigenvalue weighted by molar-refractivity contribution is -0.137. The zero-order chi connectivity index (χ0) is 21.6. The van der Waals surface area contributed by atoms with Crippen LogP contribution in [-0.4, -0.2) is 54.5 Å². The fourth-order valence-corrected chi connectivity index (χ4v) is 3.11. The molecule has 164 valence electrons. The van der Waals surface area contributed by atoms with Crippen molar-refractivity contribution in [2.24, 2.45) is 0 Å². The number of hydrogen-bond donors (Lipinski definition) is 1. The number of benzene rings is 1. The van der Waals surface area contributed by atoms with Crippen molar-refractivity contribution in [1.29, 1.82) is 0 Å². The lowest BCUT2D eigenvalue weighted by Gasteiger charge is -2.30. The van der Waals surface area contributed by atoms with Gasteiger partial charge in [-0.15, -0.1) is 0 Å². The summed E-state index contributed by atoms with van der Waals surface area (Å²) < 4.78 is 53.8. The molecule has 1 N–H and O–H groups in total. The van der Waals surface area contributed by atoms with Crippen LogP contribution in [0.25, 0.3) is 0 Å². The minimum absolute atomic E-state index is 0.0408. The topological polar surface area (TPSA) is 89.7 Å². The number of halogens is 3. The van der Waals surface area contributed by atoms with E-state index in [4.69, 9.17) is 14.0 Å². The van der Waals surface area contributed by atoms with E-state index in [0.29, 0.717) is 50.9 Å². The van der Waals surface area contributed by atoms with Crippen LogP contribution in [0.1, 0.15) is 36.0 Å². The maximum Gasteiger partial charge on any atom is 0.416 e. The molecular formula is C19H23F3N4O4. The largest absolute Gasteiger partial charge is 0.416 e. The van der Waals surface area contributed by atoms with Crippen molar-refractivity contribution in [2.75, 3.05) is 38.7 Å². The van der Waals surface area contributed by atoms with Crippen molar-refractivity contribution in [3.05, 3.63) is 41.5 Å². The number of carbonyl (C=O) groups excluding carboxylic acids is 1. The fraction of sp³-hybridized carbons (Fsp3) is 0.526. The van der Waals surface area contributed by atoms with Crippen LogP contribution < -0.4 is 5.32 Å². The zero-order valence-electron chi connectivity index (χ0n) is 16.4. The molecule has 1 saturated heterocycles. The van der Waals surface area contributed by atoms with E-state index in [2.05, 4.69) is 15.5 Å². The number of nitrogens with zero attached hydrogens (tertiary/aromatic N) is 3. The monoisotopic (exact) mass is 428 g/mol. The van der Waals surface area contributed by atoms with E-state index in [1.54, 1.807) is 12.0 Å². The summed E-state index contributed by atoms with van der Waals surface area (Å²) in [4.78, 5) is 18.3. The number of anilines is 1. The van der Waals surface area contributed by atoms with Gasteiger partial charge in [0.25, 0.3) is 5.89 Å². The molecule has 1 aromatic heterocycles. The highest BCUT2D eigenvalue weighted by Gasteiger charge is 2.31. The summed E-state index contributed by atoms with van der Waals surface area (Å²) >= 11 is 0. The van der Waals surface area contributed by atoms with Gasteiger partial charge in [-0.1, -0.05) is 11.2 Å². The van der Waals surface area contributed by atoms with Crippen LogP contribution in [0.2, 0.25) is 0 Å². The Labute approximate surface area is 171 Å². The van der Waals surface area contributed by atoms with E-state index in [1.165, 1.54) is 12.1 Å². The highest BCUT2D eigenvalue weighted by Crippen LogP contribution is 2.31. The van der Waals surface area contributed by atoms with E-state index < -0.39 is 17.8 Å².